The molecule has 0 radical (unpaired) electrons. The van der Waals surface area contributed by atoms with Gasteiger partial charge in [0.05, 0.1) is 10.5 Å². The molecule has 10 heteroatoms. The van der Waals surface area contributed by atoms with Gasteiger partial charge in [0.2, 0.25) is 0 Å². The van der Waals surface area contributed by atoms with E-state index in [1.807, 2.05) is 0 Å². The summed E-state index contributed by atoms with van der Waals surface area (Å²) < 4.78 is 43.7. The molecule has 0 aromatic heterocycles. The monoisotopic (exact) mass is 422 g/mol. The standard InChI is InChI=1S/C19H13F3N2O4S/c20-19(21,22)12-5-3-6-13(9-12)23-16(25)10-28-14-7-2-1-4-11(14)8-15-17(26)24-18(27)29-15/h1-9H,10H2,(H,23,25)(H,24,26,27)/b15-8-. The summed E-state index contributed by atoms with van der Waals surface area (Å²) in [4.78, 5) is 35.1. The topological polar surface area (TPSA) is 84.5 Å². The van der Waals surface area contributed by atoms with E-state index in [-0.39, 0.29) is 16.3 Å². The van der Waals surface area contributed by atoms with Crippen LogP contribution in [-0.2, 0) is 15.8 Å². The van der Waals surface area contributed by atoms with Crippen molar-refractivity contribution >= 4 is 40.6 Å². The first kappa shape index (κ1) is 20.5. The maximum atomic E-state index is 12.7. The van der Waals surface area contributed by atoms with Crippen LogP contribution in [0.1, 0.15) is 11.1 Å². The van der Waals surface area contributed by atoms with Crippen LogP contribution in [0.5, 0.6) is 5.75 Å². The summed E-state index contributed by atoms with van der Waals surface area (Å²) in [6, 6.07) is 10.8. The van der Waals surface area contributed by atoms with E-state index in [1.165, 1.54) is 18.2 Å². The van der Waals surface area contributed by atoms with Crippen molar-refractivity contribution in [2.24, 2.45) is 0 Å². The Bertz CT molecular complexity index is 1000. The summed E-state index contributed by atoms with van der Waals surface area (Å²) in [7, 11) is 0. The molecule has 6 nitrogen and oxygen atoms in total. The number of nitrogens with one attached hydrogen (secondary N) is 2. The molecular formula is C19H13F3N2O4S. The van der Waals surface area contributed by atoms with Gasteiger partial charge in [-0.1, -0.05) is 24.3 Å². The summed E-state index contributed by atoms with van der Waals surface area (Å²) in [5.41, 5.74) is -0.428. The van der Waals surface area contributed by atoms with Crippen molar-refractivity contribution in [3.8, 4) is 5.75 Å². The molecule has 0 saturated carbocycles. The van der Waals surface area contributed by atoms with Gasteiger partial charge in [0.1, 0.15) is 5.75 Å². The number of hydrogen-bond donors (Lipinski definition) is 2. The molecule has 3 rings (SSSR count). The average Bonchev–Trinajstić information content (AvgIpc) is 2.97. The highest BCUT2D eigenvalue weighted by molar-refractivity contribution is 8.18. The number of carbonyl (C=O) groups is 3. The SMILES string of the molecule is O=C(COc1ccccc1/C=C1\SC(=O)NC1=O)Nc1cccc(C(F)(F)F)c1. The lowest BCUT2D eigenvalue weighted by molar-refractivity contribution is -0.137. The van der Waals surface area contributed by atoms with Crippen LogP contribution in [0.3, 0.4) is 0 Å². The van der Waals surface area contributed by atoms with E-state index in [9.17, 15) is 27.6 Å². The second-order valence-electron chi connectivity index (χ2n) is 5.81. The Balaban J connectivity index is 1.66. The van der Waals surface area contributed by atoms with E-state index < -0.39 is 35.4 Å². The lowest BCUT2D eigenvalue weighted by Gasteiger charge is -2.11. The molecule has 1 aliphatic heterocycles. The predicted octanol–water partition coefficient (Wildman–Crippen LogP) is 4.05. The second-order valence-corrected chi connectivity index (χ2v) is 6.82. The fraction of sp³-hybridized carbons (Fsp3) is 0.105. The molecule has 1 fully saturated rings. The fourth-order valence-corrected chi connectivity index (χ4v) is 3.08. The largest absolute Gasteiger partial charge is 0.483 e. The summed E-state index contributed by atoms with van der Waals surface area (Å²) in [6.07, 6.45) is -3.07. The second kappa shape index (κ2) is 8.39. The van der Waals surface area contributed by atoms with Gasteiger partial charge < -0.3 is 10.1 Å². The minimum absolute atomic E-state index is 0.0126. The van der Waals surface area contributed by atoms with Crippen molar-refractivity contribution in [2.45, 2.75) is 6.18 Å². The number of amides is 3. The van der Waals surface area contributed by atoms with Gasteiger partial charge in [0.15, 0.2) is 6.61 Å². The van der Waals surface area contributed by atoms with E-state index >= 15 is 0 Å². The lowest BCUT2D eigenvalue weighted by atomic mass is 10.2. The third-order valence-corrected chi connectivity index (χ3v) is 4.49. The third kappa shape index (κ3) is 5.38. The van der Waals surface area contributed by atoms with Crippen molar-refractivity contribution in [2.75, 3.05) is 11.9 Å². The van der Waals surface area contributed by atoms with Gasteiger partial charge in [-0.25, -0.2) is 0 Å². The molecule has 0 aliphatic carbocycles. The molecule has 1 heterocycles. The number of para-hydroxylation sites is 1. The Morgan fingerprint density at radius 3 is 2.59 bits per heavy atom. The Hall–Kier alpha value is -3.27. The van der Waals surface area contributed by atoms with Crippen LogP contribution in [0, 0.1) is 0 Å². The molecular weight excluding hydrogens is 409 g/mol. The number of anilines is 1. The van der Waals surface area contributed by atoms with Crippen LogP contribution in [0.4, 0.5) is 23.7 Å². The normalized spacial score (nSPS) is 15.3. The van der Waals surface area contributed by atoms with Crippen molar-refractivity contribution in [3.63, 3.8) is 0 Å². The van der Waals surface area contributed by atoms with Gasteiger partial charge in [-0.05, 0) is 42.1 Å². The van der Waals surface area contributed by atoms with Crippen LogP contribution < -0.4 is 15.4 Å². The first-order chi connectivity index (χ1) is 13.7. The quantitative estimate of drug-likeness (QED) is 0.711. The van der Waals surface area contributed by atoms with Gasteiger partial charge in [-0.3, -0.25) is 19.7 Å². The van der Waals surface area contributed by atoms with E-state index in [1.54, 1.807) is 24.3 Å². The zero-order valence-corrected chi connectivity index (χ0v) is 15.4. The van der Waals surface area contributed by atoms with Crippen LogP contribution in [-0.4, -0.2) is 23.7 Å². The van der Waals surface area contributed by atoms with E-state index in [2.05, 4.69) is 10.6 Å². The highest BCUT2D eigenvalue weighted by Crippen LogP contribution is 2.31. The summed E-state index contributed by atoms with van der Waals surface area (Å²) in [5.74, 6) is -0.918. The molecule has 2 N–H and O–H groups in total. The molecule has 2 aromatic rings. The number of rotatable bonds is 5. The van der Waals surface area contributed by atoms with Gasteiger partial charge >= 0.3 is 6.18 Å². The Labute approximate surface area is 167 Å². The molecule has 1 aliphatic rings. The number of hydrogen-bond acceptors (Lipinski definition) is 5. The summed E-state index contributed by atoms with van der Waals surface area (Å²) in [5, 5.41) is 3.98. The lowest BCUT2D eigenvalue weighted by Crippen LogP contribution is -2.20. The minimum Gasteiger partial charge on any atom is -0.483 e. The Morgan fingerprint density at radius 2 is 1.90 bits per heavy atom. The van der Waals surface area contributed by atoms with Crippen LogP contribution in [0.25, 0.3) is 6.08 Å². The van der Waals surface area contributed by atoms with Crippen molar-refractivity contribution in [3.05, 3.63) is 64.6 Å². The number of imide groups is 1. The van der Waals surface area contributed by atoms with Crippen molar-refractivity contribution < 1.29 is 32.3 Å². The number of benzene rings is 2. The van der Waals surface area contributed by atoms with Crippen LogP contribution >= 0.6 is 11.8 Å². The molecule has 150 valence electrons. The molecule has 2 aromatic carbocycles. The van der Waals surface area contributed by atoms with Crippen LogP contribution in [0.2, 0.25) is 0 Å². The van der Waals surface area contributed by atoms with Gasteiger partial charge in [-0.15, -0.1) is 0 Å². The first-order valence-corrected chi connectivity index (χ1v) is 8.98. The molecule has 1 saturated heterocycles. The Morgan fingerprint density at radius 1 is 1.14 bits per heavy atom. The molecule has 0 spiro atoms. The van der Waals surface area contributed by atoms with E-state index in [0.717, 1.165) is 23.9 Å². The molecule has 0 atom stereocenters. The number of thioether (sulfide) groups is 1. The van der Waals surface area contributed by atoms with Gasteiger partial charge in [0.25, 0.3) is 17.1 Å². The number of alkyl halides is 3. The zero-order chi connectivity index (χ0) is 21.0. The summed E-state index contributed by atoms with van der Waals surface area (Å²) >= 11 is 0.741. The van der Waals surface area contributed by atoms with Crippen LogP contribution in [0.15, 0.2) is 53.4 Å². The van der Waals surface area contributed by atoms with E-state index in [0.29, 0.717) is 5.56 Å². The van der Waals surface area contributed by atoms with Gasteiger partial charge in [-0.2, -0.15) is 13.2 Å². The molecule has 29 heavy (non-hydrogen) atoms. The predicted molar refractivity (Wildman–Crippen MR) is 101 cm³/mol. The number of halogens is 3. The smallest absolute Gasteiger partial charge is 0.416 e. The molecule has 0 unspecified atom stereocenters. The van der Waals surface area contributed by atoms with Crippen molar-refractivity contribution in [1.29, 1.82) is 0 Å². The van der Waals surface area contributed by atoms with Crippen molar-refractivity contribution in [1.82, 2.24) is 5.32 Å². The zero-order valence-electron chi connectivity index (χ0n) is 14.6. The number of carbonyl (C=O) groups excluding carboxylic acids is 3. The van der Waals surface area contributed by atoms with Gasteiger partial charge in [0, 0.05) is 11.3 Å². The summed E-state index contributed by atoms with van der Waals surface area (Å²) in [6.45, 7) is -0.464. The minimum atomic E-state index is -4.52. The van der Waals surface area contributed by atoms with E-state index in [4.69, 9.17) is 4.74 Å². The highest BCUT2D eigenvalue weighted by atomic mass is 32.2. The average molecular weight is 422 g/mol. The third-order valence-electron chi connectivity index (χ3n) is 3.68. The first-order valence-electron chi connectivity index (χ1n) is 8.16. The fourth-order valence-electron chi connectivity index (χ4n) is 2.41. The maximum Gasteiger partial charge on any atom is 0.416 e. The molecule has 0 bridgehead atoms. The Kier molecular flexibility index (Phi) is 5.92. The highest BCUT2D eigenvalue weighted by Gasteiger charge is 2.30. The number of ether oxygens (including phenoxy) is 1. The molecule has 3 amide bonds. The maximum absolute atomic E-state index is 12.7.